The van der Waals surface area contributed by atoms with Crippen molar-refractivity contribution in [3.8, 4) is 0 Å². The molecule has 0 atom stereocenters. The molecule has 0 radical (unpaired) electrons. The average molecular weight is 2960 g/mol. The largest absolute Gasteiger partial charge is 1.00 e. The van der Waals surface area contributed by atoms with Gasteiger partial charge in [-0.2, -0.15) is 46.9 Å². The normalized spacial score (nSPS) is 7.38. The summed E-state index contributed by atoms with van der Waals surface area (Å²) in [6.45, 7) is 0. The molecule has 0 aliphatic heterocycles. The molecule has 0 heterocycles. The van der Waals surface area contributed by atoms with E-state index in [2.05, 4.69) is 0 Å². The summed E-state index contributed by atoms with van der Waals surface area (Å²) in [5.74, 6) is 0. The van der Waals surface area contributed by atoms with Gasteiger partial charge in [-0.3, -0.25) is 0 Å². The first-order chi connectivity index (χ1) is 12.0. The van der Waals surface area contributed by atoms with Crippen molar-refractivity contribution < 1.29 is 1360 Å². The second-order valence-corrected chi connectivity index (χ2v) is 8.05. The second kappa shape index (κ2) is 109. The number of hydrogen-bond donors (Lipinski definition) is 0. The fourth-order valence-electron chi connectivity index (χ4n) is 0. The first-order valence-corrected chi connectivity index (χ1v) is 13.1. The summed E-state index contributed by atoms with van der Waals surface area (Å²) in [4.78, 5) is 154. The zero-order valence-corrected chi connectivity index (χ0v) is 149. The van der Waals surface area contributed by atoms with Gasteiger partial charge in [-0.15, -0.1) is 0 Å². The maximum atomic E-state index is 8.55. The van der Waals surface area contributed by atoms with Crippen molar-refractivity contribution in [2.24, 2.45) is 0 Å². The summed E-state index contributed by atoms with van der Waals surface area (Å²) in [6, 6.07) is 0. The van der Waals surface area contributed by atoms with Gasteiger partial charge in [0.2, 0.25) is 0 Å². The summed E-state index contributed by atoms with van der Waals surface area (Å²) in [5.41, 5.74) is 0. The van der Waals surface area contributed by atoms with E-state index in [1.807, 2.05) is 0 Å². The van der Waals surface area contributed by atoms with Crippen molar-refractivity contribution >= 4 is 46.9 Å². The molecule has 0 fully saturated rings. The van der Waals surface area contributed by atoms with Gasteiger partial charge in [0.15, 0.2) is 0 Å². The molecular weight excluding hydrogens is 2960 g/mol. The van der Waals surface area contributed by atoms with Crippen LogP contribution in [0.5, 0.6) is 0 Å². The van der Waals surface area contributed by atoms with Gasteiger partial charge in [0.05, 0.1) is 0 Å². The number of phosphoric acid groups is 6. The van der Waals surface area contributed by atoms with Crippen LogP contribution < -0.4 is 1330 Å². The molecule has 0 aromatic heterocycles. The molecule has 0 saturated carbocycles. The van der Waals surface area contributed by atoms with E-state index in [0.29, 0.717) is 0 Å². The Kier molecular flexibility index (Phi) is 367. The molecule has 0 saturated heterocycles. The molecule has 0 amide bonds. The maximum Gasteiger partial charge on any atom is 1.00 e. The zero-order valence-electron chi connectivity index (χ0n) is 30.5. The minimum atomic E-state index is -5.39. The van der Waals surface area contributed by atoms with Crippen molar-refractivity contribution in [3.63, 3.8) is 0 Å². The summed E-state index contributed by atoms with van der Waals surface area (Å²) < 4.78 is 51.3. The SMILES string of the molecule is O=P([O-])([O-])[O-].O=P([O-])([O-])[O-].O=P([O-])([O-])[O-].O=P([O-])([O-])[O-].O=P([O-])([O-])[O-].O=P([O-])([O-])[O-].[Cs+].[Cs+].[Cs+].[Cs+].[Cs+].[Cs+].[Cs+].[Cs+].[Cs+].[Cs+].[Cs+].[Cs+].[Cs+].[Cs+].[Cs+].[Cs+].[Cs+].[Cs+]. The first kappa shape index (κ1) is 161. The van der Waals surface area contributed by atoms with E-state index >= 15 is 0 Å². The minimum Gasteiger partial charge on any atom is -0.822 e. The predicted octanol–water partition coefficient (Wildman–Crippen LogP) is -70.9. The van der Waals surface area contributed by atoms with Crippen LogP contribution in [0.15, 0.2) is 0 Å². The summed E-state index contributed by atoms with van der Waals surface area (Å²) in [7, 11) is -32.3. The van der Waals surface area contributed by atoms with Gasteiger partial charge in [0.25, 0.3) is 0 Å². The third kappa shape index (κ3) is 403. The van der Waals surface area contributed by atoms with E-state index in [9.17, 15) is 0 Å². The predicted molar refractivity (Wildman–Crippen MR) is 45.6 cm³/mol. The van der Waals surface area contributed by atoms with Gasteiger partial charge in [-0.25, -0.2) is 0 Å². The van der Waals surface area contributed by atoms with E-state index in [-0.39, 0.29) is 1240 Å². The average Bonchev–Trinajstić information content (AvgIpc) is 1.94. The van der Waals surface area contributed by atoms with Crippen LogP contribution in [0.4, 0.5) is 0 Å². The molecule has 0 rings (SSSR count). The molecule has 192 valence electrons. The van der Waals surface area contributed by atoms with Crippen LogP contribution >= 0.6 is 46.9 Å². The monoisotopic (exact) mass is 2960 g/mol. The molecule has 0 bridgehead atoms. The molecule has 0 aliphatic carbocycles. The smallest absolute Gasteiger partial charge is 0.822 e. The van der Waals surface area contributed by atoms with Crippen LogP contribution in [0.2, 0.25) is 0 Å². The van der Waals surface area contributed by atoms with Crippen molar-refractivity contribution in [1.82, 2.24) is 0 Å². The van der Waals surface area contributed by atoms with E-state index in [0.717, 1.165) is 0 Å². The van der Waals surface area contributed by atoms with E-state index in [4.69, 9.17) is 115 Å². The van der Waals surface area contributed by atoms with Crippen molar-refractivity contribution in [3.05, 3.63) is 0 Å². The Morgan fingerprint density at radius 2 is 0.146 bits per heavy atom. The standard InChI is InChI=1S/18Cs.6H3O4P/c;;;;;;;;;;;;;;;;;;6*1-5(2,3)4/h;;;;;;;;;;;;;;;;;;6*(H3,1,2,3,4)/q18*+1;;;;;;/p-18. The van der Waals surface area contributed by atoms with E-state index in [1.54, 1.807) is 0 Å². The van der Waals surface area contributed by atoms with Crippen LogP contribution in [-0.4, -0.2) is 0 Å². The van der Waals surface area contributed by atoms with Crippen molar-refractivity contribution in [2.75, 3.05) is 0 Å². The fourth-order valence-corrected chi connectivity index (χ4v) is 0. The van der Waals surface area contributed by atoms with Gasteiger partial charge in [0.1, 0.15) is 0 Å². The molecule has 0 aromatic carbocycles. The molecular formula is Cs18O24P6. The zero-order chi connectivity index (χ0) is 27.0. The summed E-state index contributed by atoms with van der Waals surface area (Å²) in [5, 5.41) is 0. The van der Waals surface area contributed by atoms with Crippen LogP contribution in [0.25, 0.3) is 0 Å². The summed E-state index contributed by atoms with van der Waals surface area (Å²) in [6.07, 6.45) is 0. The molecule has 48 heteroatoms. The molecule has 24 nitrogen and oxygen atoms in total. The topological polar surface area (TPSA) is 518 Å². The molecule has 48 heavy (non-hydrogen) atoms. The molecule has 0 N–H and O–H groups in total. The molecule has 0 spiro atoms. The fraction of sp³-hybridized carbons (Fsp3) is 0. The number of hydrogen-bond acceptors (Lipinski definition) is 24. The molecule has 0 aromatic rings. The van der Waals surface area contributed by atoms with Crippen LogP contribution in [-0.2, 0) is 27.4 Å². The first-order valence-electron chi connectivity index (χ1n) is 4.38. The molecule has 0 unspecified atom stereocenters. The quantitative estimate of drug-likeness (QED) is 0.203. The minimum absolute atomic E-state index is 0. The Labute approximate surface area is 1340 Å². The Morgan fingerprint density at radius 1 is 0.146 bits per heavy atom. The van der Waals surface area contributed by atoms with Crippen LogP contribution in [0, 0.1) is 0 Å². The van der Waals surface area contributed by atoms with Gasteiger partial charge < -0.3 is 115 Å². The van der Waals surface area contributed by atoms with Crippen molar-refractivity contribution in [1.29, 1.82) is 0 Å². The number of rotatable bonds is 0. The van der Waals surface area contributed by atoms with E-state index < -0.39 is 46.9 Å². The Hall–Kier alpha value is 37.6. The molecule has 0 aliphatic rings. The van der Waals surface area contributed by atoms with Gasteiger partial charge >= 0.3 is 1240 Å². The second-order valence-electron chi connectivity index (χ2n) is 2.68. The van der Waals surface area contributed by atoms with Crippen molar-refractivity contribution in [2.45, 2.75) is 0 Å². The van der Waals surface area contributed by atoms with Crippen LogP contribution in [0.1, 0.15) is 0 Å². The third-order valence-electron chi connectivity index (χ3n) is 0. The van der Waals surface area contributed by atoms with E-state index in [1.165, 1.54) is 0 Å². The Balaban J connectivity index is -0.00000000609. The maximum absolute atomic E-state index is 8.55. The van der Waals surface area contributed by atoms with Gasteiger partial charge in [0, 0.05) is 0 Å². The Bertz CT molecular complexity index is 500. The van der Waals surface area contributed by atoms with Gasteiger partial charge in [-0.05, 0) is 0 Å². The van der Waals surface area contributed by atoms with Crippen LogP contribution in [0.3, 0.4) is 0 Å². The van der Waals surface area contributed by atoms with Gasteiger partial charge in [-0.1, -0.05) is 0 Å². The summed E-state index contributed by atoms with van der Waals surface area (Å²) >= 11 is 0. The third-order valence-corrected chi connectivity index (χ3v) is 0. The Morgan fingerprint density at radius 3 is 0.146 bits per heavy atom.